The number of halogens is 1. The number of nitrogens with two attached hydrogens (primary N) is 1. The smallest absolute Gasteiger partial charge is 0.191 e. The van der Waals surface area contributed by atoms with Crippen LogP contribution in [0, 0.1) is 0 Å². The highest BCUT2D eigenvalue weighted by Crippen LogP contribution is 2.34. The number of aromatic nitrogens is 3. The number of hydrogen-bond acceptors (Lipinski definition) is 6. The largest absolute Gasteiger partial charge is 0.493 e. The predicted molar refractivity (Wildman–Crippen MR) is 90.1 cm³/mol. The molecule has 0 spiro atoms. The van der Waals surface area contributed by atoms with Gasteiger partial charge in [0.25, 0.3) is 0 Å². The molecule has 122 valence electrons. The summed E-state index contributed by atoms with van der Waals surface area (Å²) in [7, 11) is 5.24. The lowest BCUT2D eigenvalue weighted by atomic mass is 10.2. The van der Waals surface area contributed by atoms with Crippen LogP contribution in [0.5, 0.6) is 11.5 Å². The fourth-order valence-corrected chi connectivity index (χ4v) is 2.94. The van der Waals surface area contributed by atoms with E-state index in [9.17, 15) is 0 Å². The lowest BCUT2D eigenvalue weighted by Crippen LogP contribution is -2.08. The van der Waals surface area contributed by atoms with Gasteiger partial charge in [-0.25, -0.2) is 0 Å². The molecule has 0 aliphatic rings. The average Bonchev–Trinajstić information content (AvgIpc) is 2.85. The zero-order valence-electron chi connectivity index (χ0n) is 12.9. The van der Waals surface area contributed by atoms with Gasteiger partial charge in [-0.3, -0.25) is 0 Å². The van der Waals surface area contributed by atoms with E-state index in [0.717, 1.165) is 40.2 Å². The molecule has 0 atom stereocenters. The van der Waals surface area contributed by atoms with Crippen molar-refractivity contribution in [2.24, 2.45) is 12.8 Å². The Balaban J connectivity index is 0.00000242. The van der Waals surface area contributed by atoms with Crippen LogP contribution in [-0.2, 0) is 19.2 Å². The summed E-state index contributed by atoms with van der Waals surface area (Å²) in [4.78, 5) is 0. The van der Waals surface area contributed by atoms with E-state index in [-0.39, 0.29) is 12.4 Å². The molecule has 0 amide bonds. The Morgan fingerprint density at radius 2 is 2.00 bits per heavy atom. The van der Waals surface area contributed by atoms with E-state index in [2.05, 4.69) is 10.2 Å². The molecule has 1 aromatic carbocycles. The van der Waals surface area contributed by atoms with E-state index in [1.54, 1.807) is 26.0 Å². The molecule has 0 saturated heterocycles. The molecule has 0 fully saturated rings. The van der Waals surface area contributed by atoms with Crippen molar-refractivity contribution >= 4 is 24.2 Å². The summed E-state index contributed by atoms with van der Waals surface area (Å²) in [5, 5.41) is 9.21. The molecule has 0 saturated carbocycles. The number of hydrogen-bond donors (Lipinski definition) is 1. The minimum atomic E-state index is 0. The molecule has 8 heteroatoms. The first-order chi connectivity index (χ1) is 10.2. The molecular weight excluding hydrogens is 324 g/mol. The van der Waals surface area contributed by atoms with Crippen LogP contribution in [0.2, 0.25) is 0 Å². The highest BCUT2D eigenvalue weighted by atomic mass is 35.5. The van der Waals surface area contributed by atoms with Crippen LogP contribution in [0.4, 0.5) is 0 Å². The van der Waals surface area contributed by atoms with Crippen LogP contribution in [0.25, 0.3) is 0 Å². The first kappa shape index (κ1) is 18.6. The second kappa shape index (κ2) is 8.87. The Morgan fingerprint density at radius 3 is 2.64 bits per heavy atom. The van der Waals surface area contributed by atoms with Gasteiger partial charge in [-0.15, -0.1) is 22.6 Å². The number of rotatable bonds is 7. The van der Waals surface area contributed by atoms with Gasteiger partial charge in [0.05, 0.1) is 14.2 Å². The monoisotopic (exact) mass is 344 g/mol. The van der Waals surface area contributed by atoms with Gasteiger partial charge in [0, 0.05) is 24.8 Å². The third-order valence-corrected chi connectivity index (χ3v) is 4.20. The Morgan fingerprint density at radius 1 is 1.23 bits per heavy atom. The zero-order chi connectivity index (χ0) is 15.2. The van der Waals surface area contributed by atoms with Crippen molar-refractivity contribution in [2.45, 2.75) is 17.3 Å². The van der Waals surface area contributed by atoms with E-state index >= 15 is 0 Å². The van der Waals surface area contributed by atoms with Crippen LogP contribution in [0.15, 0.2) is 23.4 Å². The first-order valence-corrected chi connectivity index (χ1v) is 7.60. The average molecular weight is 345 g/mol. The number of benzene rings is 1. The maximum Gasteiger partial charge on any atom is 0.191 e. The molecule has 0 aliphatic carbocycles. The molecule has 22 heavy (non-hydrogen) atoms. The Labute approximate surface area is 140 Å². The molecule has 0 bridgehead atoms. The summed E-state index contributed by atoms with van der Waals surface area (Å²) >= 11 is 1.61. The maximum atomic E-state index is 5.56. The van der Waals surface area contributed by atoms with Gasteiger partial charge >= 0.3 is 0 Å². The topological polar surface area (TPSA) is 75.2 Å². The lowest BCUT2D eigenvalue weighted by Gasteiger charge is -2.12. The van der Waals surface area contributed by atoms with Gasteiger partial charge in [0.15, 0.2) is 16.7 Å². The Hall–Kier alpha value is -1.44. The third kappa shape index (κ3) is 4.06. The van der Waals surface area contributed by atoms with Gasteiger partial charge in [-0.2, -0.15) is 0 Å². The van der Waals surface area contributed by atoms with Gasteiger partial charge in [-0.05, 0) is 12.6 Å². The molecule has 6 nitrogen and oxygen atoms in total. The summed E-state index contributed by atoms with van der Waals surface area (Å²) in [6, 6.07) is 5.86. The second-order valence-electron chi connectivity index (χ2n) is 4.44. The second-order valence-corrected chi connectivity index (χ2v) is 5.38. The normalized spacial score (nSPS) is 10.2. The van der Waals surface area contributed by atoms with Crippen molar-refractivity contribution in [2.75, 3.05) is 20.8 Å². The first-order valence-electron chi connectivity index (χ1n) is 6.62. The SMILES string of the molecule is COc1cccc(CSc2nnc(CCN)n2C)c1OC.Cl. The lowest BCUT2D eigenvalue weighted by molar-refractivity contribution is 0.352. The van der Waals surface area contributed by atoms with Crippen molar-refractivity contribution in [3.05, 3.63) is 29.6 Å². The van der Waals surface area contributed by atoms with Gasteiger partial charge < -0.3 is 19.8 Å². The number of ether oxygens (including phenoxy) is 2. The van der Waals surface area contributed by atoms with Crippen LogP contribution < -0.4 is 15.2 Å². The van der Waals surface area contributed by atoms with E-state index < -0.39 is 0 Å². The minimum Gasteiger partial charge on any atom is -0.493 e. The van der Waals surface area contributed by atoms with E-state index in [1.807, 2.05) is 29.8 Å². The highest BCUT2D eigenvalue weighted by molar-refractivity contribution is 7.98. The number of methoxy groups -OCH3 is 2. The molecule has 0 radical (unpaired) electrons. The van der Waals surface area contributed by atoms with Crippen LogP contribution in [0.1, 0.15) is 11.4 Å². The Kier molecular flexibility index (Phi) is 7.50. The molecule has 2 aromatic rings. The van der Waals surface area contributed by atoms with E-state index in [1.165, 1.54) is 0 Å². The fraction of sp³-hybridized carbons (Fsp3) is 0.429. The molecule has 1 heterocycles. The molecule has 2 N–H and O–H groups in total. The number of nitrogens with zero attached hydrogens (tertiary/aromatic N) is 3. The van der Waals surface area contributed by atoms with Crippen molar-refractivity contribution in [1.29, 1.82) is 0 Å². The zero-order valence-corrected chi connectivity index (χ0v) is 14.5. The van der Waals surface area contributed by atoms with Crippen molar-refractivity contribution in [3.63, 3.8) is 0 Å². The summed E-state index contributed by atoms with van der Waals surface area (Å²) in [6.45, 7) is 0.570. The molecule has 2 rings (SSSR count). The van der Waals surface area contributed by atoms with Crippen LogP contribution in [0.3, 0.4) is 0 Å². The third-order valence-electron chi connectivity index (χ3n) is 3.13. The summed E-state index contributed by atoms with van der Waals surface area (Å²) in [6.07, 6.45) is 0.729. The van der Waals surface area contributed by atoms with Gasteiger partial charge in [0.1, 0.15) is 5.82 Å². The highest BCUT2D eigenvalue weighted by Gasteiger charge is 2.13. The summed E-state index contributed by atoms with van der Waals surface area (Å²) in [5.41, 5.74) is 6.62. The van der Waals surface area contributed by atoms with Crippen molar-refractivity contribution in [1.82, 2.24) is 14.8 Å². The molecule has 1 aromatic heterocycles. The van der Waals surface area contributed by atoms with Crippen molar-refractivity contribution < 1.29 is 9.47 Å². The molecular formula is C14H21ClN4O2S. The van der Waals surface area contributed by atoms with Crippen LogP contribution in [-0.4, -0.2) is 35.5 Å². The van der Waals surface area contributed by atoms with Crippen molar-refractivity contribution in [3.8, 4) is 11.5 Å². The summed E-state index contributed by atoms with van der Waals surface area (Å²) < 4.78 is 12.7. The van der Waals surface area contributed by atoms with E-state index in [4.69, 9.17) is 15.2 Å². The standard InChI is InChI=1S/C14H20N4O2S.ClH/c1-18-12(7-8-15)16-17-14(18)21-9-10-5-4-6-11(19-2)13(10)20-3;/h4-6H,7-9,15H2,1-3H3;1H. The Bertz CT molecular complexity index is 607. The fourth-order valence-electron chi connectivity index (χ4n) is 2.03. The van der Waals surface area contributed by atoms with Crippen LogP contribution >= 0.6 is 24.2 Å². The molecule has 0 unspecified atom stereocenters. The number of thioether (sulfide) groups is 1. The maximum absolute atomic E-state index is 5.56. The number of para-hydroxylation sites is 1. The quantitative estimate of drug-likeness (QED) is 0.775. The van der Waals surface area contributed by atoms with E-state index in [0.29, 0.717) is 6.54 Å². The van der Waals surface area contributed by atoms with Gasteiger partial charge in [0.2, 0.25) is 0 Å². The predicted octanol–water partition coefficient (Wildman–Crippen LogP) is 2.05. The molecule has 0 aliphatic heterocycles. The van der Waals surface area contributed by atoms with Gasteiger partial charge in [-0.1, -0.05) is 23.9 Å². The summed E-state index contributed by atoms with van der Waals surface area (Å²) in [5.74, 6) is 3.13. The minimum absolute atomic E-state index is 0.